The van der Waals surface area contributed by atoms with Crippen molar-refractivity contribution in [1.29, 1.82) is 0 Å². The lowest BCUT2D eigenvalue weighted by Gasteiger charge is -2.26. The van der Waals surface area contributed by atoms with Gasteiger partial charge in [0, 0.05) is 31.4 Å². The molecule has 3 rings (SSSR count). The van der Waals surface area contributed by atoms with E-state index in [0.29, 0.717) is 0 Å². The van der Waals surface area contributed by atoms with Gasteiger partial charge in [0.25, 0.3) is 0 Å². The summed E-state index contributed by atoms with van der Waals surface area (Å²) in [5, 5.41) is 0.728. The van der Waals surface area contributed by atoms with Gasteiger partial charge in [0.05, 0.1) is 0 Å². The van der Waals surface area contributed by atoms with Crippen molar-refractivity contribution >= 4 is 17.3 Å². The number of hydrogen-bond donors (Lipinski definition) is 0. The molecular weight excluding hydrogens is 306 g/mol. The molecule has 0 aromatic carbocycles. The van der Waals surface area contributed by atoms with E-state index in [1.54, 1.807) is 11.3 Å². The number of fused-ring (bicyclic) bond motifs is 1. The Morgan fingerprint density at radius 2 is 2.17 bits per heavy atom. The molecule has 0 radical (unpaired) electrons. The van der Waals surface area contributed by atoms with Gasteiger partial charge in [-0.3, -0.25) is 9.69 Å². The predicted octanol–water partition coefficient (Wildman–Crippen LogP) is 4.50. The molecule has 0 spiro atoms. The van der Waals surface area contributed by atoms with E-state index < -0.39 is 0 Å². The third-order valence-electron chi connectivity index (χ3n) is 3.62. The van der Waals surface area contributed by atoms with Crippen molar-refractivity contribution in [2.24, 2.45) is 0 Å². The fourth-order valence-corrected chi connectivity index (χ4v) is 3.73. The first-order chi connectivity index (χ1) is 11.2. The van der Waals surface area contributed by atoms with Crippen LogP contribution >= 0.6 is 11.3 Å². The molecule has 2 aliphatic rings. The zero-order valence-corrected chi connectivity index (χ0v) is 15.0. The Bertz CT molecular complexity index is 625. The van der Waals surface area contributed by atoms with Crippen LogP contribution in [0.4, 0.5) is 0 Å². The van der Waals surface area contributed by atoms with Crippen LogP contribution in [0, 0.1) is 0 Å². The molecule has 4 heteroatoms. The molecule has 1 aromatic rings. The maximum absolute atomic E-state index is 11.0. The molecule has 0 bridgehead atoms. The molecule has 0 N–H and O–H groups in total. The van der Waals surface area contributed by atoms with Crippen LogP contribution < -0.4 is 4.74 Å². The lowest BCUT2D eigenvalue weighted by molar-refractivity contribution is -0.131. The van der Waals surface area contributed by atoms with E-state index in [0.717, 1.165) is 37.5 Å². The van der Waals surface area contributed by atoms with Crippen LogP contribution in [0.15, 0.2) is 42.0 Å². The summed E-state index contributed by atoms with van der Waals surface area (Å²) in [4.78, 5) is 14.8. The predicted molar refractivity (Wildman–Crippen MR) is 96.9 cm³/mol. The van der Waals surface area contributed by atoms with E-state index in [2.05, 4.69) is 35.3 Å². The number of carbonyl (C=O) groups is 1. The van der Waals surface area contributed by atoms with Crippen molar-refractivity contribution in [3.63, 3.8) is 0 Å². The van der Waals surface area contributed by atoms with E-state index in [-0.39, 0.29) is 5.97 Å². The molecule has 0 amide bonds. The molecule has 124 valence electrons. The third-order valence-corrected chi connectivity index (χ3v) is 4.74. The van der Waals surface area contributed by atoms with E-state index >= 15 is 0 Å². The molecule has 3 nitrogen and oxygen atoms in total. The number of hydrogen-bond acceptors (Lipinski definition) is 4. The lowest BCUT2D eigenvalue weighted by Crippen LogP contribution is -2.31. The summed E-state index contributed by atoms with van der Waals surface area (Å²) in [6.45, 7) is 8.41. The van der Waals surface area contributed by atoms with Crippen molar-refractivity contribution in [3.05, 3.63) is 52.5 Å². The molecule has 0 saturated carbocycles. The van der Waals surface area contributed by atoms with E-state index in [4.69, 9.17) is 4.74 Å². The highest BCUT2D eigenvalue weighted by molar-refractivity contribution is 7.14. The lowest BCUT2D eigenvalue weighted by atomic mass is 10.1. The van der Waals surface area contributed by atoms with Crippen molar-refractivity contribution in [2.45, 2.75) is 40.2 Å². The second-order valence-electron chi connectivity index (χ2n) is 5.38. The van der Waals surface area contributed by atoms with Gasteiger partial charge in [-0.05, 0) is 30.0 Å². The van der Waals surface area contributed by atoms with Gasteiger partial charge in [-0.25, -0.2) is 0 Å². The molecule has 1 aliphatic heterocycles. The van der Waals surface area contributed by atoms with Crippen molar-refractivity contribution in [3.8, 4) is 5.06 Å². The zero-order chi connectivity index (χ0) is 16.7. The van der Waals surface area contributed by atoms with Gasteiger partial charge in [0.15, 0.2) is 5.06 Å². The molecule has 1 aliphatic carbocycles. The Morgan fingerprint density at radius 3 is 2.96 bits per heavy atom. The first kappa shape index (κ1) is 17.7. The third kappa shape index (κ3) is 5.19. The van der Waals surface area contributed by atoms with Gasteiger partial charge in [0.2, 0.25) is 0 Å². The maximum Gasteiger partial charge on any atom is 0.308 e. The second kappa shape index (κ2) is 8.85. The minimum Gasteiger partial charge on any atom is -0.416 e. The molecular formula is C19H25NO2S. The zero-order valence-electron chi connectivity index (χ0n) is 14.2. The van der Waals surface area contributed by atoms with Crippen LogP contribution in [0.1, 0.15) is 37.6 Å². The minimum absolute atomic E-state index is 0.244. The summed E-state index contributed by atoms with van der Waals surface area (Å²) in [5.74, 6) is -0.244. The van der Waals surface area contributed by atoms with E-state index in [1.807, 2.05) is 19.9 Å². The van der Waals surface area contributed by atoms with Crippen LogP contribution in [0.3, 0.4) is 0 Å². The molecule has 23 heavy (non-hydrogen) atoms. The summed E-state index contributed by atoms with van der Waals surface area (Å²) < 4.78 is 5.20. The van der Waals surface area contributed by atoms with Crippen LogP contribution in [0.5, 0.6) is 5.06 Å². The molecule has 0 unspecified atom stereocenters. The Hall–Kier alpha value is -1.65. The largest absolute Gasteiger partial charge is 0.416 e. The van der Waals surface area contributed by atoms with Crippen LogP contribution in [-0.4, -0.2) is 24.0 Å². The van der Waals surface area contributed by atoms with Gasteiger partial charge < -0.3 is 4.74 Å². The molecule has 0 saturated heterocycles. The second-order valence-corrected chi connectivity index (χ2v) is 6.48. The Kier molecular flexibility index (Phi) is 6.81. The van der Waals surface area contributed by atoms with Gasteiger partial charge in [-0.2, -0.15) is 0 Å². The number of ether oxygens (including phenoxy) is 1. The van der Waals surface area contributed by atoms with Gasteiger partial charge in [-0.15, -0.1) is 11.3 Å². The SMILES string of the molecule is CC.CC(=O)Oc1cc2c(s1)CCN(CC1=CC=CCC=C1)C2. The Morgan fingerprint density at radius 1 is 1.35 bits per heavy atom. The molecule has 0 atom stereocenters. The Labute approximate surface area is 143 Å². The van der Waals surface area contributed by atoms with Gasteiger partial charge in [0.1, 0.15) is 0 Å². The number of carbonyl (C=O) groups excluding carboxylic acids is 1. The topological polar surface area (TPSA) is 29.5 Å². The number of thiophene rings is 1. The molecule has 0 fully saturated rings. The quantitative estimate of drug-likeness (QED) is 0.764. The van der Waals surface area contributed by atoms with Crippen LogP contribution in [0.2, 0.25) is 0 Å². The van der Waals surface area contributed by atoms with E-state index in [9.17, 15) is 4.79 Å². The summed E-state index contributed by atoms with van der Waals surface area (Å²) in [5.41, 5.74) is 2.65. The fraction of sp³-hybridized carbons (Fsp3) is 0.421. The summed E-state index contributed by atoms with van der Waals surface area (Å²) in [7, 11) is 0. The average Bonchev–Trinajstić information content (AvgIpc) is 2.74. The highest BCUT2D eigenvalue weighted by atomic mass is 32.1. The number of esters is 1. The normalized spacial score (nSPS) is 16.7. The minimum atomic E-state index is -0.244. The standard InChI is InChI=1S/C17H19NO2S.C2H6/c1-13(19)20-17-10-15-12-18(9-8-16(15)21-17)11-14-6-4-2-3-5-7-14;1-2/h2,4-7,10H,3,8-9,11-12H2,1H3;1-2H3. The van der Waals surface area contributed by atoms with Crippen molar-refractivity contribution in [2.75, 3.05) is 13.1 Å². The van der Waals surface area contributed by atoms with Gasteiger partial charge in [-0.1, -0.05) is 44.2 Å². The summed E-state index contributed by atoms with van der Waals surface area (Å²) >= 11 is 1.61. The number of nitrogens with zero attached hydrogens (tertiary/aromatic N) is 1. The number of allylic oxidation sites excluding steroid dienone is 4. The van der Waals surface area contributed by atoms with Crippen molar-refractivity contribution in [1.82, 2.24) is 4.90 Å². The van der Waals surface area contributed by atoms with Gasteiger partial charge >= 0.3 is 5.97 Å². The molecule has 1 aromatic heterocycles. The Balaban J connectivity index is 0.000000924. The first-order valence-electron chi connectivity index (χ1n) is 8.25. The molecule has 2 heterocycles. The average molecular weight is 331 g/mol. The highest BCUT2D eigenvalue weighted by Gasteiger charge is 2.20. The first-order valence-corrected chi connectivity index (χ1v) is 9.07. The van der Waals surface area contributed by atoms with Crippen molar-refractivity contribution < 1.29 is 9.53 Å². The summed E-state index contributed by atoms with van der Waals surface area (Å²) in [6, 6.07) is 2.02. The monoisotopic (exact) mass is 331 g/mol. The van der Waals surface area contributed by atoms with Crippen LogP contribution in [-0.2, 0) is 17.8 Å². The fourth-order valence-electron chi connectivity index (χ4n) is 2.68. The summed E-state index contributed by atoms with van der Waals surface area (Å²) in [6.07, 6.45) is 13.0. The van der Waals surface area contributed by atoms with E-state index in [1.165, 1.54) is 22.9 Å². The highest BCUT2D eigenvalue weighted by Crippen LogP contribution is 2.33. The number of rotatable bonds is 3. The smallest absolute Gasteiger partial charge is 0.308 e. The van der Waals surface area contributed by atoms with Crippen LogP contribution in [0.25, 0.3) is 0 Å². The maximum atomic E-state index is 11.0.